The number of nitrogens with zero attached hydrogens (tertiary/aromatic N) is 2. The first kappa shape index (κ1) is 102. The second kappa shape index (κ2) is 52.5. The van der Waals surface area contributed by atoms with Gasteiger partial charge in [0.1, 0.15) is 72.5 Å². The number of aromatic amines is 2. The number of benzene rings is 5. The zero-order valence-corrected chi connectivity index (χ0v) is 77.0. The minimum atomic E-state index is -1.23. The van der Waals surface area contributed by atoms with Gasteiger partial charge in [0.2, 0.25) is 82.7 Å². The number of para-hydroxylation sites is 2. The maximum atomic E-state index is 14.8. The highest BCUT2D eigenvalue weighted by atomic mass is 16.2. The van der Waals surface area contributed by atoms with E-state index in [2.05, 4.69) is 94.4 Å². The minimum Gasteiger partial charge on any atom is -0.370 e. The zero-order chi connectivity index (χ0) is 96.0. The van der Waals surface area contributed by atoms with Crippen molar-refractivity contribution in [3.63, 3.8) is 0 Å². The third-order valence-electron chi connectivity index (χ3n) is 24.8. The predicted octanol–water partition coefficient (Wildman–Crippen LogP) is 3.53. The van der Waals surface area contributed by atoms with Gasteiger partial charge in [0.05, 0.1) is 0 Å². The number of aliphatic imine (C=N–C) groups is 2. The minimum absolute atomic E-state index is 0.0105. The molecule has 2 saturated carbocycles. The largest absolute Gasteiger partial charge is 0.370 e. The van der Waals surface area contributed by atoms with Crippen LogP contribution >= 0.6 is 0 Å². The normalized spacial score (nSPS) is 22.1. The molecular weight excluding hydrogens is 1710 g/mol. The molecule has 36 nitrogen and oxygen atoms in total. The molecule has 14 amide bonds. The fourth-order valence-corrected chi connectivity index (χ4v) is 17.7. The number of carbonyl (C=O) groups is 14. The molecule has 720 valence electrons. The monoisotopic (exact) mass is 1840 g/mol. The lowest BCUT2D eigenvalue weighted by Gasteiger charge is -2.31. The van der Waals surface area contributed by atoms with E-state index in [1.807, 2.05) is 140 Å². The molecule has 134 heavy (non-hydrogen) atoms. The van der Waals surface area contributed by atoms with Gasteiger partial charge in [-0.15, -0.1) is 0 Å². The van der Waals surface area contributed by atoms with E-state index in [1.54, 1.807) is 26.2 Å². The number of fused-ring (bicyclic) bond motifs is 2. The summed E-state index contributed by atoms with van der Waals surface area (Å²) in [7, 11) is 0. The van der Waals surface area contributed by atoms with E-state index in [9.17, 15) is 67.1 Å². The van der Waals surface area contributed by atoms with Gasteiger partial charge >= 0.3 is 0 Å². The Morgan fingerprint density at radius 1 is 0.373 bits per heavy atom. The van der Waals surface area contributed by atoms with E-state index >= 15 is 0 Å². The van der Waals surface area contributed by atoms with Crippen molar-refractivity contribution in [3.8, 4) is 0 Å². The molecular formula is C98H134N22O14. The van der Waals surface area contributed by atoms with Crippen LogP contribution in [0.2, 0.25) is 0 Å². The van der Waals surface area contributed by atoms with Gasteiger partial charge in [-0.3, -0.25) is 77.1 Å². The number of nitrogens with one attached hydrogen (secondary N) is 16. The van der Waals surface area contributed by atoms with Crippen LogP contribution in [0.1, 0.15) is 184 Å². The van der Waals surface area contributed by atoms with Crippen molar-refractivity contribution in [1.82, 2.24) is 84.4 Å². The van der Waals surface area contributed by atoms with Crippen LogP contribution in [0.4, 0.5) is 0 Å². The van der Waals surface area contributed by atoms with Crippen LogP contribution in [0.15, 0.2) is 162 Å². The van der Waals surface area contributed by atoms with Gasteiger partial charge in [0.25, 0.3) is 0 Å². The molecule has 2 aromatic heterocycles. The third kappa shape index (κ3) is 32.9. The quantitative estimate of drug-likeness (QED) is 0.0181. The molecule has 24 N–H and O–H groups in total. The Labute approximate surface area is 781 Å². The number of guanidine groups is 2. The fourth-order valence-electron chi connectivity index (χ4n) is 17.7. The molecule has 4 fully saturated rings. The fraction of sp³-hybridized carbons (Fsp3) is 0.490. The number of hydrogen-bond acceptors (Lipinski definition) is 16. The highest BCUT2D eigenvalue weighted by molar-refractivity contribution is 6.00. The topological polar surface area (TPSA) is 568 Å². The van der Waals surface area contributed by atoms with Crippen LogP contribution in [-0.2, 0) is 99.2 Å². The van der Waals surface area contributed by atoms with Crippen LogP contribution in [0.25, 0.3) is 21.8 Å². The summed E-state index contributed by atoms with van der Waals surface area (Å²) in [4.78, 5) is 211. The molecule has 36 heteroatoms. The van der Waals surface area contributed by atoms with Gasteiger partial charge < -0.3 is 107 Å². The summed E-state index contributed by atoms with van der Waals surface area (Å²) in [5, 5.41) is 41.8. The highest BCUT2D eigenvalue weighted by Crippen LogP contribution is 2.31. The Morgan fingerprint density at radius 2 is 0.716 bits per heavy atom. The first-order valence-corrected chi connectivity index (χ1v) is 47.0. The number of aromatic nitrogens is 2. The molecule has 5 aromatic carbocycles. The summed E-state index contributed by atoms with van der Waals surface area (Å²) in [6.45, 7) is 6.57. The van der Waals surface area contributed by atoms with Gasteiger partial charge in [0, 0.05) is 106 Å². The van der Waals surface area contributed by atoms with Gasteiger partial charge in [-0.25, -0.2) is 0 Å². The van der Waals surface area contributed by atoms with Crippen molar-refractivity contribution in [3.05, 3.63) is 180 Å². The third-order valence-corrected chi connectivity index (χ3v) is 24.8. The Morgan fingerprint density at radius 3 is 1.11 bits per heavy atom. The molecule has 2 unspecified atom stereocenters. The van der Waals surface area contributed by atoms with Crippen molar-refractivity contribution in [1.29, 1.82) is 0 Å². The summed E-state index contributed by atoms with van der Waals surface area (Å²) < 4.78 is 0. The molecule has 2 aliphatic heterocycles. The second-order valence-electron chi connectivity index (χ2n) is 35.7. The number of carbonyl (C=O) groups excluding carboxylic acids is 14. The Hall–Kier alpha value is -13.7. The average molecular weight is 1840 g/mol. The van der Waals surface area contributed by atoms with Crippen molar-refractivity contribution in [2.24, 2.45) is 50.7 Å². The van der Waals surface area contributed by atoms with Gasteiger partial charge in [-0.1, -0.05) is 205 Å². The Kier molecular flexibility index (Phi) is 40.1. The van der Waals surface area contributed by atoms with Crippen LogP contribution in [0.3, 0.4) is 0 Å². The van der Waals surface area contributed by atoms with Gasteiger partial charge in [-0.2, -0.15) is 0 Å². The Bertz CT molecular complexity index is 5160. The molecule has 4 aliphatic rings. The summed E-state index contributed by atoms with van der Waals surface area (Å²) >= 11 is 0. The van der Waals surface area contributed by atoms with Crippen molar-refractivity contribution >= 4 is 116 Å². The lowest BCUT2D eigenvalue weighted by atomic mass is 9.84. The van der Waals surface area contributed by atoms with Crippen LogP contribution in [0, 0.1) is 17.8 Å². The average Bonchev–Trinajstić information content (AvgIpc) is 1.65. The number of amides is 14. The SMILES string of the molecule is CC(=O)N[C@@H](Cc1ccccc1)C(=O)NC1CCCNC(=O)[C@H](CCCN=C(N)N)NC(=O)[C@H](Cc2c[nH]c3ccccc23)NC(=O)[C@@H](CC2CCCCC2)NC(=O)[C@H](C(C)C)NC1=O.CC(=O)N[C@@H](Cc1ccccc1)C(=O)NC1CCCNC(=O)[C@H](CCCN=C(N)N)NC(=O)[C@H](Cc2c[nH]c3ccccc23)NC(=O)[C@@H](CC2CCCCC2)NC(=O)[C@H](Cc2ccccc2)NC1=O. The number of rotatable bonds is 29. The summed E-state index contributed by atoms with van der Waals surface area (Å²) in [6.07, 6.45) is 15.5. The molecule has 0 bridgehead atoms. The standard InChI is InChI=1S/C51H67N11O7.C47H67N11O7/c1-32(63)57-41(27-33-15-5-2-6-16-33)47(66)59-40-24-13-25-54-45(64)39(23-14-26-55-51(52)53)58-50(69)44(30-36-31-56-38-22-12-11-21-37(36)38)62-49(68)43(29-35-19-9-4-10-20-35)61-48(67)42(60-46(40)65)28-34-17-7-3-8-18-34;1-28(2)40-46(65)57-38(25-31-16-8-5-9-17-31)44(63)56-39(26-32-27-52-34-19-11-10-18-33(32)34)45(64)54-35(20-13-23-51-47(48)49)41(60)50-22-12-21-36(42(61)58-40)55-43(62)37(53-29(3)59)24-30-14-6-4-7-15-30/h2-3,5-8,11-12,15-18,21-22,31,35,39-44,56H,4,9-10,13-14,19-20,23-30H2,1H3,(H,54,64)(H,57,63)(H,58,69)(H,59,66)(H,60,65)(H,61,67)(H,62,68)(H4,52,53,55);4,6-7,10-11,14-15,18-19,27-28,31,35-40,52H,5,8-9,12-13,16-17,20-26H2,1-3H3,(H,50,60)(H,53,59)(H,54,64)(H,55,62)(H,56,63)(H,57,65)(H,58,61)(H4,48,49,51)/t39-,40?,41-,42-,43+,44-;35-,36?,37-,38+,39-,40-/m00/s1. The zero-order valence-electron chi connectivity index (χ0n) is 77.0. The smallest absolute Gasteiger partial charge is 0.243 e. The molecule has 12 atom stereocenters. The van der Waals surface area contributed by atoms with E-state index in [4.69, 9.17) is 22.9 Å². The predicted molar refractivity (Wildman–Crippen MR) is 510 cm³/mol. The van der Waals surface area contributed by atoms with Gasteiger partial charge in [0.15, 0.2) is 11.9 Å². The van der Waals surface area contributed by atoms with E-state index < -0.39 is 161 Å². The molecule has 7 aromatic rings. The first-order chi connectivity index (χ1) is 64.5. The molecule has 0 radical (unpaired) electrons. The van der Waals surface area contributed by atoms with Crippen LogP contribution in [0.5, 0.6) is 0 Å². The Balaban J connectivity index is 0.000000278. The van der Waals surface area contributed by atoms with Crippen LogP contribution in [-0.4, -0.2) is 203 Å². The molecule has 4 heterocycles. The summed E-state index contributed by atoms with van der Waals surface area (Å²) in [5.41, 5.74) is 27.7. The summed E-state index contributed by atoms with van der Waals surface area (Å²) in [5.74, 6) is -8.57. The van der Waals surface area contributed by atoms with Crippen molar-refractivity contribution in [2.45, 2.75) is 261 Å². The summed E-state index contributed by atoms with van der Waals surface area (Å²) in [6, 6.07) is 29.0. The number of hydrogen-bond donors (Lipinski definition) is 20. The van der Waals surface area contributed by atoms with Crippen LogP contribution < -0.4 is 97.4 Å². The van der Waals surface area contributed by atoms with E-state index in [0.717, 1.165) is 114 Å². The number of nitrogens with two attached hydrogens (primary N) is 4. The van der Waals surface area contributed by atoms with Crippen molar-refractivity contribution < 1.29 is 67.1 Å². The van der Waals surface area contributed by atoms with E-state index in [-0.39, 0.29) is 127 Å². The lowest BCUT2D eigenvalue weighted by molar-refractivity contribution is -0.136. The van der Waals surface area contributed by atoms with E-state index in [0.29, 0.717) is 19.3 Å². The molecule has 2 aliphatic carbocycles. The van der Waals surface area contributed by atoms with Crippen molar-refractivity contribution in [2.75, 3.05) is 26.2 Å². The van der Waals surface area contributed by atoms with E-state index in [1.165, 1.54) is 13.8 Å². The maximum absolute atomic E-state index is 14.8. The first-order valence-electron chi connectivity index (χ1n) is 47.0. The molecule has 0 spiro atoms. The molecule has 11 rings (SSSR count). The molecule has 2 saturated heterocycles. The number of H-pyrrole nitrogens is 2. The maximum Gasteiger partial charge on any atom is 0.243 e. The highest BCUT2D eigenvalue weighted by Gasteiger charge is 2.40. The second-order valence-corrected chi connectivity index (χ2v) is 35.7. The lowest BCUT2D eigenvalue weighted by Crippen LogP contribution is -2.61. The van der Waals surface area contributed by atoms with Gasteiger partial charge in [-0.05, 0) is 122 Å².